The first-order valence-electron chi connectivity index (χ1n) is 8.85. The van der Waals surface area contributed by atoms with Crippen molar-refractivity contribution in [2.75, 3.05) is 42.3 Å². The lowest BCUT2D eigenvalue weighted by molar-refractivity contribution is 0.102. The van der Waals surface area contributed by atoms with Crippen LogP contribution in [0.1, 0.15) is 23.0 Å². The molecule has 27 heavy (non-hydrogen) atoms. The second-order valence-corrected chi connectivity index (χ2v) is 8.57. The Kier molecular flexibility index (Phi) is 5.76. The fraction of sp³-hybridized carbons (Fsp3) is 0.368. The number of rotatable bonds is 5. The van der Waals surface area contributed by atoms with E-state index in [0.717, 1.165) is 18.9 Å². The number of anilines is 2. The number of aromatic nitrogens is 1. The van der Waals surface area contributed by atoms with E-state index in [-0.39, 0.29) is 16.6 Å². The van der Waals surface area contributed by atoms with Gasteiger partial charge in [0.25, 0.3) is 5.91 Å². The Hall–Kier alpha value is -2.45. The molecule has 1 aliphatic heterocycles. The molecule has 0 radical (unpaired) electrons. The summed E-state index contributed by atoms with van der Waals surface area (Å²) in [6, 6.07) is 9.75. The molecule has 0 bridgehead atoms. The van der Waals surface area contributed by atoms with Crippen LogP contribution in [0.3, 0.4) is 0 Å². The van der Waals surface area contributed by atoms with Crippen LogP contribution in [0.15, 0.2) is 41.3 Å². The molecule has 2 heterocycles. The first-order chi connectivity index (χ1) is 12.9. The molecule has 1 aromatic carbocycles. The van der Waals surface area contributed by atoms with E-state index in [0.29, 0.717) is 30.2 Å². The van der Waals surface area contributed by atoms with Crippen molar-refractivity contribution < 1.29 is 17.9 Å². The van der Waals surface area contributed by atoms with Crippen molar-refractivity contribution in [3.8, 4) is 0 Å². The molecule has 1 N–H and O–H groups in total. The number of nitrogens with zero attached hydrogens (tertiary/aromatic N) is 2. The minimum Gasteiger partial charge on any atom is -0.378 e. The quantitative estimate of drug-likeness (QED) is 0.844. The third kappa shape index (κ3) is 4.45. The SMILES string of the molecule is CCS(=O)(=O)c1cccc(C(=O)Nc2ccc(N3CCOCC3)nc2C)c1. The molecule has 1 fully saturated rings. The lowest BCUT2D eigenvalue weighted by Crippen LogP contribution is -2.36. The molecule has 3 rings (SSSR count). The topological polar surface area (TPSA) is 88.6 Å². The van der Waals surface area contributed by atoms with Crippen molar-refractivity contribution in [2.24, 2.45) is 0 Å². The number of morpholine rings is 1. The van der Waals surface area contributed by atoms with Crippen LogP contribution in [-0.4, -0.2) is 51.4 Å². The van der Waals surface area contributed by atoms with Crippen LogP contribution < -0.4 is 10.2 Å². The first kappa shape index (κ1) is 19.3. The minimum absolute atomic E-state index is 0.00982. The molecule has 0 atom stereocenters. The summed E-state index contributed by atoms with van der Waals surface area (Å²) >= 11 is 0. The van der Waals surface area contributed by atoms with Gasteiger partial charge in [-0.2, -0.15) is 0 Å². The molecule has 8 heteroatoms. The summed E-state index contributed by atoms with van der Waals surface area (Å²) in [7, 11) is -3.36. The normalized spacial score (nSPS) is 14.8. The number of ether oxygens (including phenoxy) is 1. The van der Waals surface area contributed by atoms with Crippen LogP contribution >= 0.6 is 0 Å². The van der Waals surface area contributed by atoms with Crippen molar-refractivity contribution in [3.05, 3.63) is 47.7 Å². The summed E-state index contributed by atoms with van der Waals surface area (Å²) < 4.78 is 29.4. The molecule has 144 valence electrons. The molecular formula is C19H23N3O4S. The Morgan fingerprint density at radius 1 is 1.22 bits per heavy atom. The van der Waals surface area contributed by atoms with E-state index in [1.165, 1.54) is 12.1 Å². The zero-order chi connectivity index (χ0) is 19.4. The first-order valence-corrected chi connectivity index (χ1v) is 10.5. The molecule has 0 saturated carbocycles. The van der Waals surface area contributed by atoms with Gasteiger partial charge in [-0.15, -0.1) is 0 Å². The van der Waals surface area contributed by atoms with Crippen molar-refractivity contribution in [1.29, 1.82) is 0 Å². The second kappa shape index (κ2) is 8.06. The highest BCUT2D eigenvalue weighted by molar-refractivity contribution is 7.91. The van der Waals surface area contributed by atoms with Crippen LogP contribution in [0.5, 0.6) is 0 Å². The number of hydrogen-bond acceptors (Lipinski definition) is 6. The number of aryl methyl sites for hydroxylation is 1. The molecule has 0 aliphatic carbocycles. The summed E-state index contributed by atoms with van der Waals surface area (Å²) in [5, 5.41) is 2.81. The standard InChI is InChI=1S/C19H23N3O4S/c1-3-27(24,25)16-6-4-5-15(13-16)19(23)21-17-7-8-18(20-14(17)2)22-9-11-26-12-10-22/h4-8,13H,3,9-12H2,1-2H3,(H,21,23). The Morgan fingerprint density at radius 2 is 1.96 bits per heavy atom. The number of carbonyl (C=O) groups is 1. The zero-order valence-electron chi connectivity index (χ0n) is 15.4. The summed E-state index contributed by atoms with van der Waals surface area (Å²) in [5.74, 6) is 0.474. The molecule has 1 saturated heterocycles. The number of benzene rings is 1. The highest BCUT2D eigenvalue weighted by atomic mass is 32.2. The summed E-state index contributed by atoms with van der Waals surface area (Å²) in [6.45, 7) is 6.34. The number of nitrogens with one attached hydrogen (secondary N) is 1. The lowest BCUT2D eigenvalue weighted by Gasteiger charge is -2.28. The van der Waals surface area contributed by atoms with Gasteiger partial charge < -0.3 is 15.0 Å². The molecule has 0 unspecified atom stereocenters. The highest BCUT2D eigenvalue weighted by Crippen LogP contribution is 2.21. The number of pyridine rings is 1. The fourth-order valence-corrected chi connectivity index (χ4v) is 3.77. The number of sulfone groups is 1. The maximum atomic E-state index is 12.6. The molecule has 1 amide bonds. The predicted octanol–water partition coefficient (Wildman–Crippen LogP) is 2.27. The maximum absolute atomic E-state index is 12.6. The second-order valence-electron chi connectivity index (χ2n) is 6.29. The summed E-state index contributed by atoms with van der Waals surface area (Å²) in [6.07, 6.45) is 0. The third-order valence-electron chi connectivity index (χ3n) is 4.49. The fourth-order valence-electron chi connectivity index (χ4n) is 2.84. The van der Waals surface area contributed by atoms with Gasteiger partial charge in [-0.25, -0.2) is 13.4 Å². The van der Waals surface area contributed by atoms with E-state index in [2.05, 4.69) is 15.2 Å². The van der Waals surface area contributed by atoms with Gasteiger partial charge in [-0.3, -0.25) is 4.79 Å². The Labute approximate surface area is 159 Å². The summed E-state index contributed by atoms with van der Waals surface area (Å²) in [5.41, 5.74) is 1.59. The van der Waals surface area contributed by atoms with E-state index < -0.39 is 9.84 Å². The van der Waals surface area contributed by atoms with Gasteiger partial charge in [0, 0.05) is 18.7 Å². The Balaban J connectivity index is 1.77. The van der Waals surface area contributed by atoms with Crippen molar-refractivity contribution in [1.82, 2.24) is 4.98 Å². The van der Waals surface area contributed by atoms with E-state index in [1.807, 2.05) is 19.1 Å². The number of carbonyl (C=O) groups excluding carboxylic acids is 1. The van der Waals surface area contributed by atoms with Crippen molar-refractivity contribution >= 4 is 27.2 Å². The lowest BCUT2D eigenvalue weighted by atomic mass is 10.2. The van der Waals surface area contributed by atoms with Crippen LogP contribution in [0.25, 0.3) is 0 Å². The third-order valence-corrected chi connectivity index (χ3v) is 6.22. The predicted molar refractivity (Wildman–Crippen MR) is 104 cm³/mol. The Morgan fingerprint density at radius 3 is 2.63 bits per heavy atom. The molecular weight excluding hydrogens is 366 g/mol. The van der Waals surface area contributed by atoms with E-state index in [4.69, 9.17) is 4.74 Å². The monoisotopic (exact) mass is 389 g/mol. The van der Waals surface area contributed by atoms with Crippen molar-refractivity contribution in [2.45, 2.75) is 18.7 Å². The molecule has 1 aliphatic rings. The average Bonchev–Trinajstić information content (AvgIpc) is 2.70. The minimum atomic E-state index is -3.36. The molecule has 2 aromatic rings. The van der Waals surface area contributed by atoms with Gasteiger partial charge in [0.2, 0.25) is 0 Å². The molecule has 7 nitrogen and oxygen atoms in total. The van der Waals surface area contributed by atoms with E-state index >= 15 is 0 Å². The molecule has 0 spiro atoms. The van der Waals surface area contributed by atoms with Gasteiger partial charge in [0.05, 0.1) is 35.2 Å². The maximum Gasteiger partial charge on any atom is 0.255 e. The summed E-state index contributed by atoms with van der Waals surface area (Å²) in [4.78, 5) is 19.4. The van der Waals surface area contributed by atoms with Crippen LogP contribution in [0.2, 0.25) is 0 Å². The average molecular weight is 389 g/mol. The molecule has 1 aromatic heterocycles. The van der Waals surface area contributed by atoms with E-state index in [9.17, 15) is 13.2 Å². The van der Waals surface area contributed by atoms with Gasteiger partial charge in [-0.1, -0.05) is 13.0 Å². The van der Waals surface area contributed by atoms with Crippen LogP contribution in [0.4, 0.5) is 11.5 Å². The largest absolute Gasteiger partial charge is 0.378 e. The van der Waals surface area contributed by atoms with Gasteiger partial charge in [0.1, 0.15) is 5.82 Å². The van der Waals surface area contributed by atoms with Crippen LogP contribution in [0, 0.1) is 6.92 Å². The highest BCUT2D eigenvalue weighted by Gasteiger charge is 2.17. The zero-order valence-corrected chi connectivity index (χ0v) is 16.3. The number of amides is 1. The van der Waals surface area contributed by atoms with E-state index in [1.54, 1.807) is 19.1 Å². The van der Waals surface area contributed by atoms with Gasteiger partial charge in [-0.05, 0) is 37.3 Å². The Bertz CT molecular complexity index is 938. The van der Waals surface area contributed by atoms with Gasteiger partial charge >= 0.3 is 0 Å². The van der Waals surface area contributed by atoms with Crippen molar-refractivity contribution in [3.63, 3.8) is 0 Å². The van der Waals surface area contributed by atoms with Gasteiger partial charge in [0.15, 0.2) is 9.84 Å². The smallest absolute Gasteiger partial charge is 0.255 e. The number of hydrogen-bond donors (Lipinski definition) is 1. The van der Waals surface area contributed by atoms with Crippen LogP contribution in [-0.2, 0) is 14.6 Å².